The van der Waals surface area contributed by atoms with E-state index >= 15 is 0 Å². The summed E-state index contributed by atoms with van der Waals surface area (Å²) in [4.78, 5) is 38.6. The third kappa shape index (κ3) is 7.90. The number of halogens is 1. The number of rotatable bonds is 9. The van der Waals surface area contributed by atoms with Crippen LogP contribution < -0.4 is 5.32 Å². The van der Waals surface area contributed by atoms with Gasteiger partial charge in [0, 0.05) is 17.6 Å². The Hall–Kier alpha value is -3.12. The van der Waals surface area contributed by atoms with Crippen molar-refractivity contribution in [2.24, 2.45) is 0 Å². The molecule has 0 atom stereocenters. The Morgan fingerprint density at radius 2 is 1.71 bits per heavy atom. The number of nitrogens with zero attached hydrogens (tertiary/aromatic N) is 1. The van der Waals surface area contributed by atoms with E-state index in [1.54, 1.807) is 37.3 Å². The van der Waals surface area contributed by atoms with Crippen molar-refractivity contribution in [3.8, 4) is 0 Å². The lowest BCUT2D eigenvalue weighted by Gasteiger charge is -2.21. The number of carbonyl (C=O) groups excluding carboxylic acids is 3. The van der Waals surface area contributed by atoms with E-state index < -0.39 is 18.5 Å². The van der Waals surface area contributed by atoms with Crippen molar-refractivity contribution in [2.75, 3.05) is 19.7 Å². The highest BCUT2D eigenvalue weighted by molar-refractivity contribution is 6.30. The molecule has 0 aliphatic carbocycles. The zero-order valence-electron chi connectivity index (χ0n) is 17.9. The van der Waals surface area contributed by atoms with E-state index in [4.69, 9.17) is 16.3 Å². The lowest BCUT2D eigenvalue weighted by molar-refractivity contribution is -0.148. The van der Waals surface area contributed by atoms with Gasteiger partial charge in [0.05, 0.1) is 12.1 Å². The Kier molecular flexibility index (Phi) is 9.28. The van der Waals surface area contributed by atoms with Crippen LogP contribution in [0.3, 0.4) is 0 Å². The van der Waals surface area contributed by atoms with Gasteiger partial charge in [-0.1, -0.05) is 54.1 Å². The van der Waals surface area contributed by atoms with E-state index in [9.17, 15) is 14.4 Å². The Bertz CT molecular complexity index is 924. The van der Waals surface area contributed by atoms with E-state index in [1.807, 2.05) is 44.2 Å². The minimum absolute atomic E-state index is 0.0239. The molecule has 164 valence electrons. The number of hydrogen-bond acceptors (Lipinski definition) is 4. The number of ether oxygens (including phenoxy) is 1. The van der Waals surface area contributed by atoms with Crippen LogP contribution >= 0.6 is 11.6 Å². The summed E-state index contributed by atoms with van der Waals surface area (Å²) in [5.41, 5.74) is 1.74. The standard InChI is InChI=1S/C24H27ClN2O4/c1-4-27(15-22(28)26-17(2)3)23(29)16-31-24(30)21(14-18-8-6-5-7-9-18)19-10-12-20(25)13-11-19/h5-14,17H,4,15-16H2,1-3H3,(H,26,28)/b21-14+. The molecule has 0 saturated carbocycles. The number of esters is 1. The van der Waals surface area contributed by atoms with Gasteiger partial charge in [0.25, 0.3) is 5.91 Å². The first kappa shape index (κ1) is 24.2. The number of benzene rings is 2. The lowest BCUT2D eigenvalue weighted by atomic mass is 10.0. The third-order valence-corrected chi connectivity index (χ3v) is 4.58. The fourth-order valence-corrected chi connectivity index (χ4v) is 2.95. The van der Waals surface area contributed by atoms with Gasteiger partial charge in [-0.05, 0) is 50.1 Å². The molecule has 31 heavy (non-hydrogen) atoms. The van der Waals surface area contributed by atoms with Gasteiger partial charge in [-0.25, -0.2) is 4.79 Å². The van der Waals surface area contributed by atoms with Gasteiger partial charge in [0.1, 0.15) is 0 Å². The van der Waals surface area contributed by atoms with Crippen LogP contribution in [-0.2, 0) is 19.1 Å². The number of likely N-dealkylation sites (N-methyl/N-ethyl adjacent to an activating group) is 1. The SMILES string of the molecule is CCN(CC(=O)NC(C)C)C(=O)COC(=O)/C(=C/c1ccccc1)c1ccc(Cl)cc1. The molecular weight excluding hydrogens is 416 g/mol. The molecule has 1 N–H and O–H groups in total. The van der Waals surface area contributed by atoms with E-state index in [2.05, 4.69) is 5.32 Å². The molecule has 7 heteroatoms. The van der Waals surface area contributed by atoms with Crippen LogP contribution in [0.2, 0.25) is 5.02 Å². The maximum atomic E-state index is 12.8. The molecule has 0 aliphatic heterocycles. The minimum atomic E-state index is -0.637. The Morgan fingerprint density at radius 3 is 2.29 bits per heavy atom. The highest BCUT2D eigenvalue weighted by Crippen LogP contribution is 2.22. The topological polar surface area (TPSA) is 75.7 Å². The van der Waals surface area contributed by atoms with Gasteiger partial charge < -0.3 is 15.0 Å². The zero-order chi connectivity index (χ0) is 22.8. The summed E-state index contributed by atoms with van der Waals surface area (Å²) in [7, 11) is 0. The lowest BCUT2D eigenvalue weighted by Crippen LogP contribution is -2.44. The Labute approximate surface area is 187 Å². The summed E-state index contributed by atoms with van der Waals surface area (Å²) in [6.45, 7) is 5.23. The first-order chi connectivity index (χ1) is 14.8. The molecule has 0 aliphatic rings. The molecule has 0 fully saturated rings. The van der Waals surface area contributed by atoms with Crippen molar-refractivity contribution >= 4 is 41.0 Å². The number of nitrogens with one attached hydrogen (secondary N) is 1. The van der Waals surface area contributed by atoms with Crippen LogP contribution in [0.4, 0.5) is 0 Å². The fraction of sp³-hybridized carbons (Fsp3) is 0.292. The predicted molar refractivity (Wildman–Crippen MR) is 122 cm³/mol. The normalized spacial score (nSPS) is 11.2. The second-order valence-electron chi connectivity index (χ2n) is 7.18. The summed E-state index contributed by atoms with van der Waals surface area (Å²) in [6.07, 6.45) is 1.70. The number of carbonyl (C=O) groups is 3. The first-order valence-electron chi connectivity index (χ1n) is 10.1. The quantitative estimate of drug-likeness (QED) is 0.364. The summed E-state index contributed by atoms with van der Waals surface area (Å²) in [5.74, 6) is -1.34. The molecule has 6 nitrogen and oxygen atoms in total. The van der Waals surface area contributed by atoms with Gasteiger partial charge in [0.2, 0.25) is 5.91 Å². The summed E-state index contributed by atoms with van der Waals surface area (Å²) >= 11 is 5.96. The molecule has 2 aromatic carbocycles. The van der Waals surface area contributed by atoms with Crippen LogP contribution in [0.5, 0.6) is 0 Å². The van der Waals surface area contributed by atoms with E-state index in [0.29, 0.717) is 22.7 Å². The van der Waals surface area contributed by atoms with Gasteiger partial charge in [0.15, 0.2) is 6.61 Å². The number of hydrogen-bond donors (Lipinski definition) is 1. The summed E-state index contributed by atoms with van der Waals surface area (Å²) < 4.78 is 5.31. The maximum Gasteiger partial charge on any atom is 0.339 e. The first-order valence-corrected chi connectivity index (χ1v) is 10.4. The van der Waals surface area contributed by atoms with Crippen molar-refractivity contribution in [1.82, 2.24) is 10.2 Å². The van der Waals surface area contributed by atoms with E-state index in [1.165, 1.54) is 4.90 Å². The summed E-state index contributed by atoms with van der Waals surface area (Å²) in [5, 5.41) is 3.28. The zero-order valence-corrected chi connectivity index (χ0v) is 18.7. The molecular formula is C24H27ClN2O4. The van der Waals surface area contributed by atoms with Crippen molar-refractivity contribution in [1.29, 1.82) is 0 Å². The van der Waals surface area contributed by atoms with Gasteiger partial charge in [-0.2, -0.15) is 0 Å². The van der Waals surface area contributed by atoms with Crippen molar-refractivity contribution in [2.45, 2.75) is 26.8 Å². The minimum Gasteiger partial charge on any atom is -0.452 e. The fourth-order valence-electron chi connectivity index (χ4n) is 2.82. The van der Waals surface area contributed by atoms with E-state index in [-0.39, 0.29) is 18.5 Å². The molecule has 0 aromatic heterocycles. The number of amides is 2. The predicted octanol–water partition coefficient (Wildman–Crippen LogP) is 3.80. The van der Waals surface area contributed by atoms with Crippen LogP contribution in [-0.4, -0.2) is 48.4 Å². The highest BCUT2D eigenvalue weighted by atomic mass is 35.5. The van der Waals surface area contributed by atoms with Crippen molar-refractivity contribution < 1.29 is 19.1 Å². The molecule has 0 unspecified atom stereocenters. The molecule has 2 aromatic rings. The second kappa shape index (κ2) is 11.9. The van der Waals surface area contributed by atoms with Gasteiger partial charge >= 0.3 is 5.97 Å². The van der Waals surface area contributed by atoms with Crippen LogP contribution in [0, 0.1) is 0 Å². The van der Waals surface area contributed by atoms with Gasteiger partial charge in [-0.15, -0.1) is 0 Å². The van der Waals surface area contributed by atoms with Crippen molar-refractivity contribution in [3.63, 3.8) is 0 Å². The highest BCUT2D eigenvalue weighted by Gasteiger charge is 2.20. The van der Waals surface area contributed by atoms with Crippen LogP contribution in [0.25, 0.3) is 11.6 Å². The monoisotopic (exact) mass is 442 g/mol. The molecule has 2 amide bonds. The molecule has 0 saturated heterocycles. The average molecular weight is 443 g/mol. The molecule has 0 spiro atoms. The molecule has 2 rings (SSSR count). The van der Waals surface area contributed by atoms with Crippen LogP contribution in [0.15, 0.2) is 54.6 Å². The maximum absolute atomic E-state index is 12.8. The van der Waals surface area contributed by atoms with E-state index in [0.717, 1.165) is 5.56 Å². The largest absolute Gasteiger partial charge is 0.452 e. The molecule has 0 radical (unpaired) electrons. The van der Waals surface area contributed by atoms with Crippen LogP contribution in [0.1, 0.15) is 31.9 Å². The van der Waals surface area contributed by atoms with Crippen molar-refractivity contribution in [3.05, 3.63) is 70.7 Å². The third-order valence-electron chi connectivity index (χ3n) is 4.33. The smallest absolute Gasteiger partial charge is 0.339 e. The second-order valence-corrected chi connectivity index (χ2v) is 7.62. The average Bonchev–Trinajstić information content (AvgIpc) is 2.75. The Morgan fingerprint density at radius 1 is 1.06 bits per heavy atom. The molecule has 0 heterocycles. The van der Waals surface area contributed by atoms with Gasteiger partial charge in [-0.3, -0.25) is 9.59 Å². The summed E-state index contributed by atoms with van der Waals surface area (Å²) in [6, 6.07) is 16.1. The Balaban J connectivity index is 2.12. The molecule has 0 bridgehead atoms.